The molecule has 8 heteroatoms. The number of nitrogens with one attached hydrogen (secondary N) is 1. The van der Waals surface area contributed by atoms with E-state index < -0.39 is 0 Å². The van der Waals surface area contributed by atoms with E-state index in [4.69, 9.17) is 4.74 Å². The van der Waals surface area contributed by atoms with Crippen molar-refractivity contribution in [2.45, 2.75) is 32.2 Å². The third-order valence-corrected chi connectivity index (χ3v) is 7.12. The Labute approximate surface area is 202 Å². The van der Waals surface area contributed by atoms with Gasteiger partial charge < -0.3 is 10.1 Å². The van der Waals surface area contributed by atoms with E-state index in [2.05, 4.69) is 10.3 Å². The van der Waals surface area contributed by atoms with Crippen LogP contribution in [0.15, 0.2) is 64.3 Å². The van der Waals surface area contributed by atoms with Crippen LogP contribution in [-0.4, -0.2) is 27.1 Å². The third-order valence-electron chi connectivity index (χ3n) is 7.12. The Bertz CT molecular complexity index is 1530. The normalized spacial score (nSPS) is 18.0. The Morgan fingerprint density at radius 3 is 2.63 bits per heavy atom. The van der Waals surface area contributed by atoms with Crippen LogP contribution < -0.4 is 21.3 Å². The summed E-state index contributed by atoms with van der Waals surface area (Å²) < 4.78 is 8.10. The number of hydrogen-bond donors (Lipinski definition) is 1. The molecular formula is C27H28N4O4. The number of ether oxygens (including phenoxy) is 1. The molecule has 4 aromatic rings. The molecule has 0 radical (unpaired) electrons. The minimum Gasteiger partial charge on any atom is -0.497 e. The monoisotopic (exact) mass is 472 g/mol. The van der Waals surface area contributed by atoms with E-state index in [-0.39, 0.29) is 29.0 Å². The Morgan fingerprint density at radius 2 is 1.86 bits per heavy atom. The van der Waals surface area contributed by atoms with Gasteiger partial charge in [0.2, 0.25) is 5.91 Å². The van der Waals surface area contributed by atoms with Crippen LogP contribution in [-0.2, 0) is 18.4 Å². The summed E-state index contributed by atoms with van der Waals surface area (Å²) in [5.74, 6) is 0.645. The number of pyridine rings is 1. The van der Waals surface area contributed by atoms with Crippen LogP contribution in [0.3, 0.4) is 0 Å². The quantitative estimate of drug-likeness (QED) is 0.478. The van der Waals surface area contributed by atoms with Gasteiger partial charge in [-0.1, -0.05) is 6.07 Å². The average molecular weight is 473 g/mol. The molecule has 2 aromatic carbocycles. The Hall–Kier alpha value is -3.94. The lowest BCUT2D eigenvalue weighted by Crippen LogP contribution is -2.41. The number of carbonyl (C=O) groups is 1. The Morgan fingerprint density at radius 1 is 1.06 bits per heavy atom. The molecule has 0 saturated heterocycles. The number of anilines is 1. The number of fused-ring (bicyclic) bond motifs is 2. The fourth-order valence-corrected chi connectivity index (χ4v) is 5.10. The minimum atomic E-state index is -0.322. The number of hydrogen-bond acceptors (Lipinski definition) is 5. The zero-order chi connectivity index (χ0) is 24.5. The highest BCUT2D eigenvalue weighted by Crippen LogP contribution is 2.31. The predicted molar refractivity (Wildman–Crippen MR) is 136 cm³/mol. The van der Waals surface area contributed by atoms with Gasteiger partial charge in [0.05, 0.1) is 29.2 Å². The van der Waals surface area contributed by atoms with Gasteiger partial charge in [-0.15, -0.1) is 0 Å². The number of benzene rings is 2. The number of aryl methyl sites for hydroxylation is 1. The second-order valence-electron chi connectivity index (χ2n) is 9.22. The number of nitrogens with zero attached hydrogens (tertiary/aromatic N) is 3. The molecule has 5 rings (SSSR count). The highest BCUT2D eigenvalue weighted by atomic mass is 16.5. The van der Waals surface area contributed by atoms with Gasteiger partial charge in [0, 0.05) is 31.1 Å². The van der Waals surface area contributed by atoms with E-state index in [1.165, 1.54) is 9.13 Å². The van der Waals surface area contributed by atoms with Crippen LogP contribution in [0.4, 0.5) is 5.69 Å². The van der Waals surface area contributed by atoms with Crippen LogP contribution in [0.1, 0.15) is 25.7 Å². The maximum Gasteiger partial charge on any atom is 0.331 e. The number of methoxy groups -OCH3 is 1. The van der Waals surface area contributed by atoms with Crippen molar-refractivity contribution in [3.63, 3.8) is 0 Å². The summed E-state index contributed by atoms with van der Waals surface area (Å²) in [6.07, 6.45) is 4.73. The Balaban J connectivity index is 1.29. The van der Waals surface area contributed by atoms with Crippen molar-refractivity contribution in [2.75, 3.05) is 12.4 Å². The van der Waals surface area contributed by atoms with E-state index >= 15 is 0 Å². The minimum absolute atomic E-state index is 0.00526. The SMILES string of the molecule is COc1ccc2c(c1)c(=O)n(C[C@H]1CC[C@H](C(=O)Nc3cccc4ncccc34)CC1)c(=O)n2C. The molecule has 1 fully saturated rings. The zero-order valence-corrected chi connectivity index (χ0v) is 19.9. The van der Waals surface area contributed by atoms with Crippen molar-refractivity contribution < 1.29 is 9.53 Å². The van der Waals surface area contributed by atoms with Crippen molar-refractivity contribution in [3.05, 3.63) is 75.6 Å². The first-order valence-electron chi connectivity index (χ1n) is 11.9. The summed E-state index contributed by atoms with van der Waals surface area (Å²) in [6, 6.07) is 14.7. The van der Waals surface area contributed by atoms with E-state index in [1.807, 2.05) is 30.3 Å². The molecule has 180 valence electrons. The zero-order valence-electron chi connectivity index (χ0n) is 19.9. The molecule has 1 saturated carbocycles. The largest absolute Gasteiger partial charge is 0.497 e. The van der Waals surface area contributed by atoms with Crippen molar-refractivity contribution in [1.82, 2.24) is 14.1 Å². The van der Waals surface area contributed by atoms with E-state index in [0.29, 0.717) is 23.2 Å². The third kappa shape index (κ3) is 4.32. The van der Waals surface area contributed by atoms with Crippen molar-refractivity contribution in [2.24, 2.45) is 18.9 Å². The van der Waals surface area contributed by atoms with Gasteiger partial charge >= 0.3 is 5.69 Å². The van der Waals surface area contributed by atoms with Gasteiger partial charge in [0.25, 0.3) is 5.56 Å². The average Bonchev–Trinajstić information content (AvgIpc) is 2.90. The summed E-state index contributed by atoms with van der Waals surface area (Å²) in [5.41, 5.74) is 1.57. The molecule has 0 unspecified atom stereocenters. The van der Waals surface area contributed by atoms with Crippen LogP contribution in [0.5, 0.6) is 5.75 Å². The molecule has 0 spiro atoms. The van der Waals surface area contributed by atoms with Gasteiger partial charge in [0.15, 0.2) is 0 Å². The second-order valence-corrected chi connectivity index (χ2v) is 9.22. The van der Waals surface area contributed by atoms with Gasteiger partial charge in [-0.3, -0.25) is 23.7 Å². The molecule has 35 heavy (non-hydrogen) atoms. The molecular weight excluding hydrogens is 444 g/mol. The molecule has 0 atom stereocenters. The lowest BCUT2D eigenvalue weighted by molar-refractivity contribution is -0.121. The first kappa shape index (κ1) is 22.8. The molecule has 0 aliphatic heterocycles. The molecule has 1 aliphatic carbocycles. The lowest BCUT2D eigenvalue weighted by Gasteiger charge is -2.28. The van der Waals surface area contributed by atoms with E-state index in [1.54, 1.807) is 38.6 Å². The van der Waals surface area contributed by atoms with E-state index in [9.17, 15) is 14.4 Å². The molecule has 2 heterocycles. The maximum atomic E-state index is 13.2. The summed E-state index contributed by atoms with van der Waals surface area (Å²) >= 11 is 0. The second kappa shape index (κ2) is 9.37. The van der Waals surface area contributed by atoms with Crippen LogP contribution >= 0.6 is 0 Å². The maximum absolute atomic E-state index is 13.2. The van der Waals surface area contributed by atoms with Crippen molar-refractivity contribution >= 4 is 33.4 Å². The fraction of sp³-hybridized carbons (Fsp3) is 0.333. The molecule has 2 aromatic heterocycles. The van der Waals surface area contributed by atoms with Crippen LogP contribution in [0.25, 0.3) is 21.8 Å². The number of rotatable bonds is 5. The predicted octanol–water partition coefficient (Wildman–Crippen LogP) is 3.70. The van der Waals surface area contributed by atoms with Crippen molar-refractivity contribution in [1.29, 1.82) is 0 Å². The summed E-state index contributed by atoms with van der Waals surface area (Å²) in [5, 5.41) is 4.46. The van der Waals surface area contributed by atoms with E-state index in [0.717, 1.165) is 42.3 Å². The van der Waals surface area contributed by atoms with Crippen LogP contribution in [0.2, 0.25) is 0 Å². The molecule has 1 amide bonds. The smallest absolute Gasteiger partial charge is 0.331 e. The first-order chi connectivity index (χ1) is 17.0. The summed E-state index contributed by atoms with van der Waals surface area (Å²) in [4.78, 5) is 43.4. The highest BCUT2D eigenvalue weighted by molar-refractivity contribution is 6.01. The number of amides is 1. The van der Waals surface area contributed by atoms with Gasteiger partial charge in [-0.25, -0.2) is 4.79 Å². The highest BCUT2D eigenvalue weighted by Gasteiger charge is 2.28. The summed E-state index contributed by atoms with van der Waals surface area (Å²) in [7, 11) is 3.23. The number of aromatic nitrogens is 3. The van der Waals surface area contributed by atoms with Crippen molar-refractivity contribution in [3.8, 4) is 5.75 Å². The number of carbonyl (C=O) groups excluding carboxylic acids is 1. The van der Waals surface area contributed by atoms with Gasteiger partial charge in [-0.2, -0.15) is 0 Å². The molecule has 0 bridgehead atoms. The van der Waals surface area contributed by atoms with Crippen LogP contribution in [0, 0.1) is 11.8 Å². The molecule has 1 N–H and O–H groups in total. The fourth-order valence-electron chi connectivity index (χ4n) is 5.10. The Kier molecular flexibility index (Phi) is 6.11. The standard InChI is InChI=1S/C27H28N4O4/c1-30-24-13-12-19(35-2)15-21(24)26(33)31(27(30)34)16-17-8-10-18(11-9-17)25(32)29-23-7-3-6-22-20(23)5-4-14-28-22/h3-7,12-15,17-18H,8-11,16H2,1-2H3,(H,29,32)/t17-,18-. The van der Waals surface area contributed by atoms with Gasteiger partial charge in [-0.05, 0) is 74.1 Å². The summed E-state index contributed by atoms with van der Waals surface area (Å²) in [6.45, 7) is 0.349. The molecule has 1 aliphatic rings. The van der Waals surface area contributed by atoms with Gasteiger partial charge in [0.1, 0.15) is 5.75 Å². The lowest BCUT2D eigenvalue weighted by atomic mass is 9.81. The molecule has 8 nitrogen and oxygen atoms in total. The first-order valence-corrected chi connectivity index (χ1v) is 11.9. The topological polar surface area (TPSA) is 95.2 Å².